The van der Waals surface area contributed by atoms with E-state index in [1.807, 2.05) is 146 Å². The zero-order valence-corrected chi connectivity index (χ0v) is 57.3. The van der Waals surface area contributed by atoms with E-state index in [1.54, 1.807) is 117 Å². The molecular formula is C78H59ClN12O11S. The quantitative estimate of drug-likeness (QED) is 0.0497. The van der Waals surface area contributed by atoms with Gasteiger partial charge in [0.05, 0.1) is 43.6 Å². The molecule has 2 aliphatic heterocycles. The third-order valence-corrected chi connectivity index (χ3v) is 18.0. The number of rotatable bonds is 12. The van der Waals surface area contributed by atoms with Crippen LogP contribution < -0.4 is 20.4 Å². The third-order valence-electron chi connectivity index (χ3n) is 16.9. The Labute approximate surface area is 593 Å². The molecule has 2 aliphatic rings. The van der Waals surface area contributed by atoms with E-state index in [0.29, 0.717) is 90.1 Å². The van der Waals surface area contributed by atoms with Gasteiger partial charge in [-0.2, -0.15) is 38.2 Å². The molecule has 10 aromatic carbocycles. The summed E-state index contributed by atoms with van der Waals surface area (Å²) in [5.74, 6) is 1.08. The van der Waals surface area contributed by atoms with E-state index in [0.717, 1.165) is 65.2 Å². The van der Waals surface area contributed by atoms with E-state index < -0.39 is 10.1 Å². The predicted molar refractivity (Wildman–Crippen MR) is 392 cm³/mol. The summed E-state index contributed by atoms with van der Waals surface area (Å²) < 4.78 is 50.6. The summed E-state index contributed by atoms with van der Waals surface area (Å²) in [7, 11) is 1.61. The lowest BCUT2D eigenvalue weighted by molar-refractivity contribution is 0.0635. The van der Waals surface area contributed by atoms with E-state index >= 15 is 0 Å². The molecule has 2 N–H and O–H groups in total. The molecule has 0 saturated heterocycles. The van der Waals surface area contributed by atoms with Gasteiger partial charge < -0.3 is 19.2 Å². The van der Waals surface area contributed by atoms with Crippen LogP contribution in [0.4, 0.5) is 11.6 Å². The van der Waals surface area contributed by atoms with Gasteiger partial charge in [0.25, 0.3) is 33.7 Å². The molecule has 4 aromatic heterocycles. The standard InChI is InChI=1S/C31H24N6O3S.C19H13ClN4O2.2C14H11NO3/c1-22-18-27(36-32-20-29(34-36)24-8-4-2-5-9-24)16-14-23(22)12-13-26-15-17-28(19-31(26)41(38,39)40)37-33-21-30(35-37)25-10-6-3-7-11-25;1-11-21-18(20)24-19(22-11)23-14-8-7-13-9-15(12-5-3-2-4-6-12)17(25)26-16(13)10-14;2*1-15-13(16)9-5-3-4-8-11(18-2)7-6-10(12(8)9)14(15)17/h2-21H,1H3,(H,38,39,40);2-10H,1H3,(H,21,22,23,24);2*3-7H,1-2H3. The van der Waals surface area contributed by atoms with Crippen LogP contribution in [-0.4, -0.2) is 120 Å². The third kappa shape index (κ3) is 14.2. The van der Waals surface area contributed by atoms with E-state index in [4.69, 9.17) is 25.5 Å². The van der Waals surface area contributed by atoms with E-state index in [-0.39, 0.29) is 39.4 Å². The molecule has 0 bridgehead atoms. The monoisotopic (exact) mass is 1410 g/mol. The first-order chi connectivity index (χ1) is 49.7. The van der Waals surface area contributed by atoms with E-state index in [1.165, 1.54) is 25.0 Å². The van der Waals surface area contributed by atoms with E-state index in [9.17, 15) is 36.9 Å². The van der Waals surface area contributed by atoms with E-state index in [2.05, 4.69) is 40.7 Å². The lowest BCUT2D eigenvalue weighted by Crippen LogP contribution is -2.36. The van der Waals surface area contributed by atoms with Crippen molar-refractivity contribution in [3.8, 4) is 56.5 Å². The van der Waals surface area contributed by atoms with Crippen LogP contribution in [0.5, 0.6) is 11.5 Å². The van der Waals surface area contributed by atoms with Crippen LogP contribution >= 0.6 is 11.6 Å². The van der Waals surface area contributed by atoms with Gasteiger partial charge in [-0.3, -0.25) is 33.5 Å². The normalized spacial score (nSPS) is 12.4. The van der Waals surface area contributed by atoms with Gasteiger partial charge >= 0.3 is 5.63 Å². The molecule has 0 atom stereocenters. The summed E-state index contributed by atoms with van der Waals surface area (Å²) in [4.78, 5) is 77.7. The molecule has 25 heteroatoms. The minimum atomic E-state index is -4.53. The molecular weight excluding hydrogens is 1350 g/mol. The molecule has 0 fully saturated rings. The molecule has 0 spiro atoms. The Balaban J connectivity index is 0.000000131. The Morgan fingerprint density at radius 3 is 1.49 bits per heavy atom. The van der Waals surface area contributed by atoms with Crippen LogP contribution in [0.15, 0.2) is 239 Å². The molecule has 103 heavy (non-hydrogen) atoms. The Morgan fingerprint density at radius 1 is 0.505 bits per heavy atom. The summed E-state index contributed by atoms with van der Waals surface area (Å²) in [6, 6.07) is 64.1. The zero-order valence-electron chi connectivity index (χ0n) is 55.8. The van der Waals surface area contributed by atoms with Crippen molar-refractivity contribution in [3.63, 3.8) is 0 Å². The maximum atomic E-state index is 12.4. The second-order valence-corrected chi connectivity index (χ2v) is 25.2. The molecule has 0 saturated carbocycles. The molecule has 16 rings (SSSR count). The van der Waals surface area contributed by atoms with Crippen molar-refractivity contribution >= 4 is 102 Å². The van der Waals surface area contributed by atoms with Crippen LogP contribution in [0.2, 0.25) is 5.28 Å². The zero-order chi connectivity index (χ0) is 72.2. The first-order valence-electron chi connectivity index (χ1n) is 31.7. The first kappa shape index (κ1) is 68.4. The Morgan fingerprint density at radius 2 is 0.990 bits per heavy atom. The SMILES string of the molecule is COc1ccc2c3c(cccc13)C(=O)N(C)C2=O.COc1ccc2c3c(cccc13)C(=O)N(C)C2=O.Cc1cc(-n2ncc(-c3ccccc3)n2)ccc1C=Cc1ccc(-n2ncc(-c3ccccc3)n2)cc1S(=O)(=O)O.Cc1nc(Cl)nc(Nc2ccc3cc(-c4ccccc4)c(=O)oc3c2)n1. The number of ether oxygens (including phenoxy) is 2. The van der Waals surface area contributed by atoms with Crippen LogP contribution in [0, 0.1) is 13.8 Å². The maximum Gasteiger partial charge on any atom is 0.344 e. The number of nitrogens with zero attached hydrogens (tertiary/aromatic N) is 11. The molecule has 0 aliphatic carbocycles. The number of benzene rings is 10. The molecule has 0 unspecified atom stereocenters. The lowest BCUT2D eigenvalue weighted by atomic mass is 9.94. The highest BCUT2D eigenvalue weighted by Crippen LogP contribution is 2.37. The highest BCUT2D eigenvalue weighted by atomic mass is 35.5. The number of imide groups is 2. The fourth-order valence-corrected chi connectivity index (χ4v) is 12.7. The van der Waals surface area contributed by atoms with Gasteiger partial charge in [-0.25, -0.2) is 9.78 Å². The summed E-state index contributed by atoms with van der Waals surface area (Å²) in [6.07, 6.45) is 6.78. The lowest BCUT2D eigenvalue weighted by Gasteiger charge is -2.24. The van der Waals surface area contributed by atoms with Gasteiger partial charge in [0.15, 0.2) is 0 Å². The number of anilines is 2. The molecule has 6 heterocycles. The molecule has 14 aromatic rings. The van der Waals surface area contributed by atoms with Crippen molar-refractivity contribution in [2.75, 3.05) is 33.6 Å². The predicted octanol–water partition coefficient (Wildman–Crippen LogP) is 14.4. The second-order valence-electron chi connectivity index (χ2n) is 23.4. The number of aromatic nitrogens is 9. The summed E-state index contributed by atoms with van der Waals surface area (Å²) in [5.41, 5.74) is 10.9. The summed E-state index contributed by atoms with van der Waals surface area (Å²) in [6.45, 7) is 3.68. The van der Waals surface area contributed by atoms with Gasteiger partial charge in [0.2, 0.25) is 11.2 Å². The van der Waals surface area contributed by atoms with Crippen LogP contribution in [0.3, 0.4) is 0 Å². The number of nitrogens with one attached hydrogen (secondary N) is 1. The first-order valence-corrected chi connectivity index (χ1v) is 33.5. The van der Waals surface area contributed by atoms with Crippen molar-refractivity contribution in [2.24, 2.45) is 0 Å². The fraction of sp³-hybridized carbons (Fsp3) is 0.0769. The van der Waals surface area contributed by atoms with Crippen molar-refractivity contribution in [1.82, 2.24) is 54.7 Å². The van der Waals surface area contributed by atoms with Crippen LogP contribution in [-0.2, 0) is 10.1 Å². The molecule has 23 nitrogen and oxygen atoms in total. The maximum absolute atomic E-state index is 12.4. The Kier molecular flexibility index (Phi) is 19.2. The minimum absolute atomic E-state index is 0.111. The average Bonchev–Trinajstić information content (AvgIpc) is 1.60. The van der Waals surface area contributed by atoms with Crippen LogP contribution in [0.1, 0.15) is 63.9 Å². The largest absolute Gasteiger partial charge is 0.496 e. The Hall–Kier alpha value is -13.2. The van der Waals surface area contributed by atoms with Crippen molar-refractivity contribution < 1.29 is 46.0 Å². The Bertz CT molecular complexity index is 5710. The fourth-order valence-electron chi connectivity index (χ4n) is 11.8. The van der Waals surface area contributed by atoms with Gasteiger partial charge in [-0.15, -0.1) is 10.2 Å². The molecule has 4 amide bonds. The highest BCUT2D eigenvalue weighted by Gasteiger charge is 2.32. The number of methoxy groups -OCH3 is 2. The number of fused-ring (bicyclic) bond motifs is 1. The number of carbonyl (C=O) groups is 4. The van der Waals surface area contributed by atoms with Gasteiger partial charge in [0.1, 0.15) is 39.2 Å². The minimum Gasteiger partial charge on any atom is -0.496 e. The number of halogens is 1. The van der Waals surface area contributed by atoms with Gasteiger partial charge in [-0.1, -0.05) is 140 Å². The van der Waals surface area contributed by atoms with Gasteiger partial charge in [-0.05, 0) is 127 Å². The van der Waals surface area contributed by atoms with Crippen molar-refractivity contribution in [2.45, 2.75) is 18.7 Å². The average molecular weight is 1410 g/mol. The topological polar surface area (TPSA) is 290 Å². The second kappa shape index (κ2) is 29.0. The molecule has 0 radical (unpaired) electrons. The number of aryl methyl sites for hydroxylation is 2. The molecule has 510 valence electrons. The smallest absolute Gasteiger partial charge is 0.344 e. The van der Waals surface area contributed by atoms with Crippen LogP contribution in [0.25, 0.3) is 89.7 Å². The highest BCUT2D eigenvalue weighted by molar-refractivity contribution is 7.86. The number of hydrogen-bond donors (Lipinski definition) is 2. The van der Waals surface area contributed by atoms with Crippen molar-refractivity contribution in [1.29, 1.82) is 0 Å². The summed E-state index contributed by atoms with van der Waals surface area (Å²) in [5, 5.41) is 24.6. The number of hydrogen-bond acceptors (Lipinski definition) is 18. The number of amides is 4. The summed E-state index contributed by atoms with van der Waals surface area (Å²) >= 11 is 5.85. The number of carbonyl (C=O) groups excluding carboxylic acids is 4. The van der Waals surface area contributed by atoms with Gasteiger partial charge in [0, 0.05) is 86.2 Å². The van der Waals surface area contributed by atoms with Crippen molar-refractivity contribution in [3.05, 3.63) is 285 Å².